The second-order valence-electron chi connectivity index (χ2n) is 3.52. The topological polar surface area (TPSA) is 75.3 Å². The van der Waals surface area contributed by atoms with Gasteiger partial charge < -0.3 is 4.74 Å². The first kappa shape index (κ1) is 13.1. The van der Waals surface area contributed by atoms with Crippen molar-refractivity contribution >= 4 is 10.0 Å². The van der Waals surface area contributed by atoms with Gasteiger partial charge in [-0.1, -0.05) is 0 Å². The van der Waals surface area contributed by atoms with Gasteiger partial charge in [-0.05, 0) is 6.42 Å². The molecule has 1 aromatic heterocycles. The van der Waals surface area contributed by atoms with E-state index in [0.717, 1.165) is 5.56 Å². The normalized spacial score (nSPS) is 12.2. The lowest BCUT2D eigenvalue weighted by atomic mass is 10.4. The summed E-state index contributed by atoms with van der Waals surface area (Å²) < 4.78 is 29.7. The van der Waals surface area contributed by atoms with Gasteiger partial charge in [-0.15, -0.1) is 0 Å². The number of aromatic amines is 1. The van der Waals surface area contributed by atoms with E-state index in [1.54, 1.807) is 26.6 Å². The Morgan fingerprint density at radius 1 is 1.56 bits per heavy atom. The fourth-order valence-electron chi connectivity index (χ4n) is 1.26. The minimum atomic E-state index is -3.20. The van der Waals surface area contributed by atoms with Crippen LogP contribution >= 0.6 is 0 Å². The number of sulfonamides is 1. The van der Waals surface area contributed by atoms with E-state index >= 15 is 0 Å². The molecule has 1 rings (SSSR count). The van der Waals surface area contributed by atoms with Gasteiger partial charge in [-0.3, -0.25) is 5.10 Å². The van der Waals surface area contributed by atoms with Crippen LogP contribution < -0.4 is 0 Å². The van der Waals surface area contributed by atoms with Crippen LogP contribution in [-0.4, -0.2) is 49.4 Å². The molecule has 0 spiro atoms. The van der Waals surface area contributed by atoms with E-state index in [-0.39, 0.29) is 5.75 Å². The highest BCUT2D eigenvalue weighted by atomic mass is 32.2. The molecule has 92 valence electrons. The monoisotopic (exact) mass is 247 g/mol. The summed E-state index contributed by atoms with van der Waals surface area (Å²) in [7, 11) is -0.0750. The van der Waals surface area contributed by atoms with Crippen molar-refractivity contribution in [3.8, 4) is 0 Å². The Hall–Kier alpha value is -0.920. The second-order valence-corrected chi connectivity index (χ2v) is 5.72. The van der Waals surface area contributed by atoms with Crippen LogP contribution in [0.4, 0.5) is 0 Å². The number of rotatable bonds is 7. The maximum atomic E-state index is 11.8. The van der Waals surface area contributed by atoms with Crippen molar-refractivity contribution < 1.29 is 13.2 Å². The number of ether oxygens (including phenoxy) is 1. The molecule has 1 heterocycles. The summed E-state index contributed by atoms with van der Waals surface area (Å²) in [4.78, 5) is 0. The highest BCUT2D eigenvalue weighted by Gasteiger charge is 2.17. The average Bonchev–Trinajstić information content (AvgIpc) is 2.70. The van der Waals surface area contributed by atoms with Gasteiger partial charge in [0.05, 0.1) is 11.9 Å². The molecule has 0 aliphatic rings. The van der Waals surface area contributed by atoms with E-state index in [1.807, 2.05) is 0 Å². The van der Waals surface area contributed by atoms with Gasteiger partial charge in [0, 0.05) is 39.1 Å². The zero-order valence-electron chi connectivity index (χ0n) is 9.51. The van der Waals surface area contributed by atoms with E-state index in [2.05, 4.69) is 10.2 Å². The fourth-order valence-corrected chi connectivity index (χ4v) is 2.40. The van der Waals surface area contributed by atoms with Crippen LogP contribution in [-0.2, 0) is 21.3 Å². The van der Waals surface area contributed by atoms with Crippen molar-refractivity contribution in [1.29, 1.82) is 0 Å². The highest BCUT2D eigenvalue weighted by Crippen LogP contribution is 2.06. The third-order valence-electron chi connectivity index (χ3n) is 2.19. The van der Waals surface area contributed by atoms with Crippen LogP contribution in [0, 0.1) is 0 Å². The third kappa shape index (κ3) is 3.92. The predicted octanol–water partition coefficient (Wildman–Crippen LogP) is 0.208. The molecular weight excluding hydrogens is 230 g/mol. The molecule has 16 heavy (non-hydrogen) atoms. The Kier molecular flexibility index (Phi) is 4.91. The van der Waals surface area contributed by atoms with E-state index in [4.69, 9.17) is 4.74 Å². The fraction of sp³-hybridized carbons (Fsp3) is 0.667. The molecule has 0 saturated heterocycles. The molecule has 7 heteroatoms. The summed E-state index contributed by atoms with van der Waals surface area (Å²) in [6.07, 6.45) is 3.80. The summed E-state index contributed by atoms with van der Waals surface area (Å²) in [6.45, 7) is 0.796. The Morgan fingerprint density at radius 3 is 2.88 bits per heavy atom. The van der Waals surface area contributed by atoms with Gasteiger partial charge >= 0.3 is 0 Å². The lowest BCUT2D eigenvalue weighted by Crippen LogP contribution is -2.29. The van der Waals surface area contributed by atoms with Gasteiger partial charge in [-0.2, -0.15) is 5.10 Å². The quantitative estimate of drug-likeness (QED) is 0.699. The first-order valence-corrected chi connectivity index (χ1v) is 6.58. The summed E-state index contributed by atoms with van der Waals surface area (Å²) >= 11 is 0. The van der Waals surface area contributed by atoms with Crippen molar-refractivity contribution in [2.45, 2.75) is 13.0 Å². The molecule has 0 radical (unpaired) electrons. The molecule has 0 fully saturated rings. The molecule has 0 unspecified atom stereocenters. The molecule has 0 atom stereocenters. The zero-order chi connectivity index (χ0) is 12.0. The number of H-pyrrole nitrogens is 1. The maximum Gasteiger partial charge on any atom is 0.214 e. The van der Waals surface area contributed by atoms with Crippen LogP contribution in [0.15, 0.2) is 12.4 Å². The minimum Gasteiger partial charge on any atom is -0.385 e. The maximum absolute atomic E-state index is 11.8. The van der Waals surface area contributed by atoms with Crippen molar-refractivity contribution in [3.63, 3.8) is 0 Å². The highest BCUT2D eigenvalue weighted by molar-refractivity contribution is 7.89. The summed E-state index contributed by atoms with van der Waals surface area (Å²) in [5.41, 5.74) is 0.845. The van der Waals surface area contributed by atoms with Crippen LogP contribution in [0.1, 0.15) is 12.0 Å². The number of aromatic nitrogens is 2. The van der Waals surface area contributed by atoms with E-state index in [0.29, 0.717) is 19.6 Å². The first-order valence-electron chi connectivity index (χ1n) is 4.97. The van der Waals surface area contributed by atoms with Crippen LogP contribution in [0.2, 0.25) is 0 Å². The number of nitrogens with one attached hydrogen (secondary N) is 1. The lowest BCUT2D eigenvalue weighted by Gasteiger charge is -2.15. The number of hydrogen-bond acceptors (Lipinski definition) is 4. The summed E-state index contributed by atoms with van der Waals surface area (Å²) in [6, 6.07) is 0. The average molecular weight is 247 g/mol. The Morgan fingerprint density at radius 2 is 2.31 bits per heavy atom. The third-order valence-corrected chi connectivity index (χ3v) is 4.07. The molecule has 0 saturated carbocycles. The van der Waals surface area contributed by atoms with E-state index in [1.165, 1.54) is 4.31 Å². The minimum absolute atomic E-state index is 0.106. The van der Waals surface area contributed by atoms with Crippen LogP contribution in [0.5, 0.6) is 0 Å². The summed E-state index contributed by atoms with van der Waals surface area (Å²) in [5.74, 6) is 0.106. The molecule has 1 aromatic rings. The van der Waals surface area contributed by atoms with Gasteiger partial charge in [0.2, 0.25) is 10.0 Å². The lowest BCUT2D eigenvalue weighted by molar-refractivity contribution is 0.199. The van der Waals surface area contributed by atoms with Crippen molar-refractivity contribution in [3.05, 3.63) is 18.0 Å². The number of nitrogens with zero attached hydrogens (tertiary/aromatic N) is 2. The van der Waals surface area contributed by atoms with Gasteiger partial charge in [0.15, 0.2) is 0 Å². The number of methoxy groups -OCH3 is 1. The standard InChI is InChI=1S/C9H17N3O3S/c1-12(8-9-6-10-11-7-9)16(13,14)5-3-4-15-2/h6-7H,3-5,8H2,1-2H3,(H,10,11). The van der Waals surface area contributed by atoms with Gasteiger partial charge in [-0.25, -0.2) is 12.7 Å². The predicted molar refractivity (Wildman–Crippen MR) is 60.3 cm³/mol. The van der Waals surface area contributed by atoms with Crippen LogP contribution in [0.3, 0.4) is 0 Å². The molecule has 0 aliphatic carbocycles. The SMILES string of the molecule is COCCCS(=O)(=O)N(C)Cc1cn[nH]c1. The van der Waals surface area contributed by atoms with Crippen molar-refractivity contribution in [1.82, 2.24) is 14.5 Å². The molecule has 0 amide bonds. The van der Waals surface area contributed by atoms with Crippen molar-refractivity contribution in [2.24, 2.45) is 0 Å². The second kappa shape index (κ2) is 5.97. The Bertz CT molecular complexity index is 388. The van der Waals surface area contributed by atoms with Gasteiger partial charge in [0.1, 0.15) is 0 Å². The largest absolute Gasteiger partial charge is 0.385 e. The molecule has 0 bridgehead atoms. The Balaban J connectivity index is 2.48. The van der Waals surface area contributed by atoms with Crippen LogP contribution in [0.25, 0.3) is 0 Å². The molecule has 0 aliphatic heterocycles. The molecule has 0 aromatic carbocycles. The van der Waals surface area contributed by atoms with E-state index in [9.17, 15) is 8.42 Å². The number of hydrogen-bond donors (Lipinski definition) is 1. The molecule has 1 N–H and O–H groups in total. The Labute approximate surface area is 95.7 Å². The summed E-state index contributed by atoms with van der Waals surface area (Å²) in [5, 5.41) is 6.41. The zero-order valence-corrected chi connectivity index (χ0v) is 10.3. The smallest absolute Gasteiger partial charge is 0.214 e. The van der Waals surface area contributed by atoms with Gasteiger partial charge in [0.25, 0.3) is 0 Å². The first-order chi connectivity index (χ1) is 7.56. The van der Waals surface area contributed by atoms with Crippen molar-refractivity contribution in [2.75, 3.05) is 26.5 Å². The molecular formula is C9H17N3O3S. The molecule has 6 nitrogen and oxygen atoms in total. The van der Waals surface area contributed by atoms with E-state index < -0.39 is 10.0 Å².